The first-order chi connectivity index (χ1) is 3.63. The summed E-state index contributed by atoms with van der Waals surface area (Å²) in [5.74, 6) is -2.51. The van der Waals surface area contributed by atoms with Crippen LogP contribution in [0.15, 0.2) is 12.2 Å². The van der Waals surface area contributed by atoms with Crippen LogP contribution in [0.25, 0.3) is 0 Å². The largest absolute Gasteiger partial charge is 1.00 e. The van der Waals surface area contributed by atoms with E-state index in [4.69, 9.17) is 10.2 Å². The van der Waals surface area contributed by atoms with Crippen LogP contribution in [0.2, 0.25) is 0 Å². The number of hydrogen-bond acceptors (Lipinski definition) is 2. The Morgan fingerprint density at radius 3 is 1.30 bits per heavy atom. The smallest absolute Gasteiger partial charge is 1.00 e. The summed E-state index contributed by atoms with van der Waals surface area (Å²) >= 11 is 0. The molecule has 0 amide bonds. The number of hydrogen-bond donors (Lipinski definition) is 2. The topological polar surface area (TPSA) is 74.6 Å². The molecule has 2 N–H and O–H groups in total. The number of carboxylic acids is 2. The van der Waals surface area contributed by atoms with Gasteiger partial charge in [-0.2, -0.15) is 0 Å². The third-order valence-corrected chi connectivity index (χ3v) is 0.368. The van der Waals surface area contributed by atoms with E-state index < -0.39 is 11.9 Å². The Balaban J connectivity index is -0.0000000408. The minimum atomic E-state index is -1.26. The summed E-state index contributed by atoms with van der Waals surface area (Å²) in [6.07, 6.45) is 1.12. The SMILES string of the molecule is O=C(O)/C=C\C(=O)O.[H-].[H-].[Na+].[Na+]. The van der Waals surface area contributed by atoms with Gasteiger partial charge < -0.3 is 13.1 Å². The van der Waals surface area contributed by atoms with Crippen molar-refractivity contribution in [2.24, 2.45) is 0 Å². The molecule has 0 saturated heterocycles. The summed E-state index contributed by atoms with van der Waals surface area (Å²) in [6.45, 7) is 0. The molecule has 6 heteroatoms. The van der Waals surface area contributed by atoms with Gasteiger partial charge in [0.15, 0.2) is 0 Å². The van der Waals surface area contributed by atoms with Gasteiger partial charge in [0.05, 0.1) is 0 Å². The van der Waals surface area contributed by atoms with E-state index in [2.05, 4.69) is 0 Å². The number of rotatable bonds is 2. The Labute approximate surface area is 105 Å². The van der Waals surface area contributed by atoms with E-state index in [1.165, 1.54) is 0 Å². The Morgan fingerprint density at radius 1 is 1.00 bits per heavy atom. The number of carboxylic acid groups (broad SMARTS) is 2. The van der Waals surface area contributed by atoms with Crippen LogP contribution >= 0.6 is 0 Å². The van der Waals surface area contributed by atoms with Gasteiger partial charge in [-0.1, -0.05) is 0 Å². The van der Waals surface area contributed by atoms with Crippen LogP contribution in [0.1, 0.15) is 2.85 Å². The summed E-state index contributed by atoms with van der Waals surface area (Å²) in [5.41, 5.74) is 0. The zero-order chi connectivity index (χ0) is 6.57. The van der Waals surface area contributed by atoms with Crippen LogP contribution in [-0.4, -0.2) is 22.2 Å². The molecule has 48 valence electrons. The van der Waals surface area contributed by atoms with Crippen molar-refractivity contribution in [1.29, 1.82) is 0 Å². The average Bonchev–Trinajstić information content (AvgIpc) is 1.61. The van der Waals surface area contributed by atoms with Crippen molar-refractivity contribution in [2.45, 2.75) is 0 Å². The summed E-state index contributed by atoms with van der Waals surface area (Å²) in [5, 5.41) is 15.6. The first-order valence-electron chi connectivity index (χ1n) is 1.77. The maximum atomic E-state index is 9.55. The van der Waals surface area contributed by atoms with E-state index in [-0.39, 0.29) is 62.0 Å². The van der Waals surface area contributed by atoms with Gasteiger partial charge in [0, 0.05) is 12.2 Å². The maximum absolute atomic E-state index is 9.55. The molecule has 0 radical (unpaired) electrons. The van der Waals surface area contributed by atoms with E-state index in [9.17, 15) is 9.59 Å². The predicted octanol–water partition coefficient (Wildman–Crippen LogP) is -6.06. The summed E-state index contributed by atoms with van der Waals surface area (Å²) in [6, 6.07) is 0. The van der Waals surface area contributed by atoms with Gasteiger partial charge in [-0.05, 0) is 0 Å². The van der Waals surface area contributed by atoms with E-state index in [1.807, 2.05) is 0 Å². The molecule has 0 spiro atoms. The third-order valence-electron chi connectivity index (χ3n) is 0.368. The van der Waals surface area contributed by atoms with E-state index in [0.29, 0.717) is 12.2 Å². The fourth-order valence-corrected chi connectivity index (χ4v) is 0.143. The predicted molar refractivity (Wildman–Crippen MR) is 26.6 cm³/mol. The van der Waals surface area contributed by atoms with Gasteiger partial charge in [-0.3, -0.25) is 0 Å². The second-order valence-electron chi connectivity index (χ2n) is 1.01. The molecule has 4 nitrogen and oxygen atoms in total. The van der Waals surface area contributed by atoms with Crippen molar-refractivity contribution in [3.8, 4) is 0 Å². The Hall–Kier alpha value is 0.680. The van der Waals surface area contributed by atoms with Crippen LogP contribution in [0.3, 0.4) is 0 Å². The van der Waals surface area contributed by atoms with Crippen molar-refractivity contribution in [3.63, 3.8) is 0 Å². The molecule has 0 aliphatic heterocycles. The minimum Gasteiger partial charge on any atom is -1.00 e. The van der Waals surface area contributed by atoms with Crippen molar-refractivity contribution in [3.05, 3.63) is 12.2 Å². The van der Waals surface area contributed by atoms with Crippen molar-refractivity contribution in [1.82, 2.24) is 0 Å². The third kappa shape index (κ3) is 15.9. The van der Waals surface area contributed by atoms with Crippen molar-refractivity contribution < 1.29 is 81.8 Å². The van der Waals surface area contributed by atoms with Crippen molar-refractivity contribution >= 4 is 11.9 Å². The first kappa shape index (κ1) is 17.0. The van der Waals surface area contributed by atoms with Gasteiger partial charge in [-0.15, -0.1) is 0 Å². The summed E-state index contributed by atoms with van der Waals surface area (Å²) in [4.78, 5) is 19.1. The van der Waals surface area contributed by atoms with Gasteiger partial charge in [0.1, 0.15) is 0 Å². The van der Waals surface area contributed by atoms with Gasteiger partial charge >= 0.3 is 71.1 Å². The monoisotopic (exact) mass is 164 g/mol. The number of aliphatic carboxylic acids is 2. The summed E-state index contributed by atoms with van der Waals surface area (Å²) in [7, 11) is 0. The van der Waals surface area contributed by atoms with Gasteiger partial charge in [-0.25, -0.2) is 9.59 Å². The van der Waals surface area contributed by atoms with Crippen LogP contribution < -0.4 is 59.1 Å². The molecule has 0 rings (SSSR count). The zero-order valence-corrected chi connectivity index (χ0v) is 9.87. The van der Waals surface area contributed by atoms with E-state index in [0.717, 1.165) is 0 Å². The second kappa shape index (κ2) is 9.68. The standard InChI is InChI=1S/C4H4O4.2Na.2H/c5-3(6)1-2-4(7)8;;;;/h1-2H,(H,5,6)(H,7,8);;;;/q;2*+1;2*-1/b2-1-;;;;. The molecule has 0 aromatic rings. The minimum absolute atomic E-state index is 0. The van der Waals surface area contributed by atoms with Crippen LogP contribution in [0.4, 0.5) is 0 Å². The average molecular weight is 164 g/mol. The first-order valence-corrected chi connectivity index (χ1v) is 1.77. The van der Waals surface area contributed by atoms with Gasteiger partial charge in [0.2, 0.25) is 0 Å². The van der Waals surface area contributed by atoms with Crippen molar-refractivity contribution in [2.75, 3.05) is 0 Å². The summed E-state index contributed by atoms with van der Waals surface area (Å²) < 4.78 is 0. The van der Waals surface area contributed by atoms with Crippen LogP contribution in [-0.2, 0) is 9.59 Å². The van der Waals surface area contributed by atoms with Gasteiger partial charge in [0.25, 0.3) is 0 Å². The maximum Gasteiger partial charge on any atom is 1.00 e. The molecule has 0 fully saturated rings. The van der Waals surface area contributed by atoms with E-state index in [1.54, 1.807) is 0 Å². The second-order valence-corrected chi connectivity index (χ2v) is 1.01. The molecule has 0 aliphatic carbocycles. The molecule has 10 heavy (non-hydrogen) atoms. The molecule has 0 unspecified atom stereocenters. The number of carbonyl (C=O) groups is 2. The molecule has 0 aromatic carbocycles. The Kier molecular flexibility index (Phi) is 16.4. The Bertz CT molecular complexity index is 134. The molecule has 0 aliphatic rings. The quantitative estimate of drug-likeness (QED) is 0.314. The molecule has 0 heterocycles. The molecule has 0 saturated carbocycles. The molecular formula is C4H6Na2O4. The molecule has 0 aromatic heterocycles. The molecular weight excluding hydrogens is 158 g/mol. The Morgan fingerprint density at radius 2 is 1.20 bits per heavy atom. The van der Waals surface area contributed by atoms with Crippen LogP contribution in [0.5, 0.6) is 0 Å². The normalized spacial score (nSPS) is 7.60. The fraction of sp³-hybridized carbons (Fsp3) is 0. The van der Waals surface area contributed by atoms with E-state index >= 15 is 0 Å². The molecule has 0 atom stereocenters. The fourth-order valence-electron chi connectivity index (χ4n) is 0.143. The van der Waals surface area contributed by atoms with Crippen LogP contribution in [0, 0.1) is 0 Å². The zero-order valence-electron chi connectivity index (χ0n) is 7.87. The molecule has 0 bridgehead atoms.